The highest BCUT2D eigenvalue weighted by molar-refractivity contribution is 5.18. The summed E-state index contributed by atoms with van der Waals surface area (Å²) >= 11 is 0. The molecule has 14 heteroatoms. The molecule has 312 valence electrons. The molecule has 7 rings (SSSR count). The summed E-state index contributed by atoms with van der Waals surface area (Å²) in [6.07, 6.45) is -7.60. The van der Waals surface area contributed by atoms with E-state index in [0.717, 1.165) is 51.4 Å². The summed E-state index contributed by atoms with van der Waals surface area (Å²) in [4.78, 5) is 0. The fourth-order valence-corrected chi connectivity index (χ4v) is 13.0. The van der Waals surface area contributed by atoms with Crippen LogP contribution in [0.4, 0.5) is 0 Å². The first-order valence-electron chi connectivity index (χ1n) is 20.7. The first kappa shape index (κ1) is 41.6. The fourth-order valence-electron chi connectivity index (χ4n) is 13.0. The van der Waals surface area contributed by atoms with E-state index in [2.05, 4.69) is 34.6 Å². The van der Waals surface area contributed by atoms with E-state index in [0.29, 0.717) is 30.1 Å². The molecule has 22 atom stereocenters. The number of hydrogen-bond acceptors (Lipinski definition) is 14. The Labute approximate surface area is 319 Å². The lowest BCUT2D eigenvalue weighted by Crippen LogP contribution is -2.65. The van der Waals surface area contributed by atoms with E-state index in [-0.39, 0.29) is 40.8 Å². The molecule has 3 aliphatic heterocycles. The van der Waals surface area contributed by atoms with Crippen LogP contribution >= 0.6 is 0 Å². The van der Waals surface area contributed by atoms with Gasteiger partial charge in [0.1, 0.15) is 48.8 Å². The van der Waals surface area contributed by atoms with Gasteiger partial charge in [0.2, 0.25) is 0 Å². The third-order valence-corrected chi connectivity index (χ3v) is 16.0. The molecule has 0 aromatic rings. The van der Waals surface area contributed by atoms with Gasteiger partial charge in [-0.1, -0.05) is 34.6 Å². The highest BCUT2D eigenvalue weighted by atomic mass is 16.8. The lowest BCUT2D eigenvalue weighted by atomic mass is 9.44. The van der Waals surface area contributed by atoms with Crippen molar-refractivity contribution >= 4 is 0 Å². The quantitative estimate of drug-likeness (QED) is 0.146. The molecule has 0 aromatic heterocycles. The van der Waals surface area contributed by atoms with Crippen LogP contribution in [0.15, 0.2) is 0 Å². The Bertz CT molecular complexity index is 1290. The van der Waals surface area contributed by atoms with Gasteiger partial charge in [0.05, 0.1) is 31.5 Å². The van der Waals surface area contributed by atoms with Crippen LogP contribution in [0.25, 0.3) is 0 Å². The minimum atomic E-state index is -1.73. The lowest BCUT2D eigenvalue weighted by molar-refractivity contribution is -0.373. The maximum Gasteiger partial charge on any atom is 0.187 e. The molecular weight excluding hydrogens is 704 g/mol. The van der Waals surface area contributed by atoms with Crippen LogP contribution < -0.4 is 0 Å². The lowest BCUT2D eigenvalue weighted by Gasteiger charge is -2.61. The van der Waals surface area contributed by atoms with Crippen molar-refractivity contribution in [3.8, 4) is 0 Å². The zero-order valence-corrected chi connectivity index (χ0v) is 32.9. The van der Waals surface area contributed by atoms with Crippen LogP contribution in [-0.2, 0) is 28.4 Å². The molecule has 14 nitrogen and oxygen atoms in total. The highest BCUT2D eigenvalue weighted by Gasteiger charge is 2.72. The minimum absolute atomic E-state index is 0.0323. The number of ether oxygens (including phenoxy) is 6. The van der Waals surface area contributed by atoms with E-state index < -0.39 is 86.5 Å². The van der Waals surface area contributed by atoms with E-state index in [1.807, 2.05) is 0 Å². The Hall–Kier alpha value is -0.560. The molecule has 0 aromatic carbocycles. The largest absolute Gasteiger partial charge is 0.394 e. The van der Waals surface area contributed by atoms with Crippen LogP contribution in [0, 0.1) is 52.3 Å². The Balaban J connectivity index is 1.04. The molecule has 0 amide bonds. The van der Waals surface area contributed by atoms with Crippen LogP contribution in [-0.4, -0.2) is 147 Å². The molecule has 0 bridgehead atoms. The van der Waals surface area contributed by atoms with Crippen LogP contribution in [0.1, 0.15) is 92.4 Å². The monoisotopic (exact) mass is 772 g/mol. The standard InChI is InChI=1S/C40H68O14/c1-18(2)9-14-40(49-6)19(3)26-34(54-40)30(45)27-22-8-7-20-15-21(10-12-38(20,4)23(22)11-13-39(26,27)5)50-37-35(32(47)29(44)25(17-42)52-37)53-36-33(48)31(46)28(43)24(16-41)51-36/h18-37,41-48H,7-17H2,1-6H3/t19-,20+,21-,22?,23?,24?,25?,26?,27?,28?,29-,30+,31?,32-,33?,34?,35?,36?,37+,38-,39+,40+/m0/s1. The van der Waals surface area contributed by atoms with E-state index in [1.54, 1.807) is 7.11 Å². The highest BCUT2D eigenvalue weighted by Crippen LogP contribution is 2.71. The third kappa shape index (κ3) is 6.64. The average molecular weight is 773 g/mol. The second-order valence-electron chi connectivity index (χ2n) is 19.0. The van der Waals surface area contributed by atoms with Crippen molar-refractivity contribution in [3.63, 3.8) is 0 Å². The average Bonchev–Trinajstić information content (AvgIpc) is 3.57. The van der Waals surface area contributed by atoms with E-state index in [9.17, 15) is 40.9 Å². The molecule has 8 N–H and O–H groups in total. The predicted octanol–water partition coefficient (Wildman–Crippen LogP) is 1.05. The Kier molecular flexibility index (Phi) is 12.0. The van der Waals surface area contributed by atoms with E-state index in [4.69, 9.17) is 28.4 Å². The molecule has 4 saturated carbocycles. The van der Waals surface area contributed by atoms with Crippen molar-refractivity contribution in [2.45, 2.75) is 178 Å². The number of aliphatic hydroxyl groups is 8. The van der Waals surface area contributed by atoms with Gasteiger partial charge in [0, 0.05) is 25.4 Å². The van der Waals surface area contributed by atoms with E-state index >= 15 is 0 Å². The van der Waals surface area contributed by atoms with Gasteiger partial charge in [-0.05, 0) is 91.8 Å². The maximum absolute atomic E-state index is 12.2. The van der Waals surface area contributed by atoms with Gasteiger partial charge in [-0.3, -0.25) is 0 Å². The molecule has 54 heavy (non-hydrogen) atoms. The molecule has 3 saturated heterocycles. The van der Waals surface area contributed by atoms with Crippen LogP contribution in [0.5, 0.6) is 0 Å². The number of fused-ring (bicyclic) bond motifs is 7. The zero-order chi connectivity index (χ0) is 39.1. The summed E-state index contributed by atoms with van der Waals surface area (Å²) < 4.78 is 37.0. The van der Waals surface area contributed by atoms with Gasteiger partial charge in [-0.15, -0.1) is 0 Å². The molecule has 3 heterocycles. The molecule has 12 unspecified atom stereocenters. The number of rotatable bonds is 10. The predicted molar refractivity (Wildman–Crippen MR) is 191 cm³/mol. The van der Waals surface area contributed by atoms with Crippen molar-refractivity contribution in [2.24, 2.45) is 52.3 Å². The molecule has 7 aliphatic rings. The van der Waals surface area contributed by atoms with Gasteiger partial charge in [-0.2, -0.15) is 0 Å². The van der Waals surface area contributed by atoms with Crippen molar-refractivity contribution < 1.29 is 69.3 Å². The molecule has 0 radical (unpaired) electrons. The summed E-state index contributed by atoms with van der Waals surface area (Å²) in [5.41, 5.74) is -0.0141. The second-order valence-corrected chi connectivity index (χ2v) is 19.0. The van der Waals surface area contributed by atoms with Crippen LogP contribution in [0.3, 0.4) is 0 Å². The number of hydrogen-bond donors (Lipinski definition) is 8. The Morgan fingerprint density at radius 3 is 2.02 bits per heavy atom. The molecule has 0 spiro atoms. The van der Waals surface area contributed by atoms with Gasteiger partial charge in [0.15, 0.2) is 18.4 Å². The first-order chi connectivity index (χ1) is 25.5. The van der Waals surface area contributed by atoms with Crippen molar-refractivity contribution in [2.75, 3.05) is 20.3 Å². The van der Waals surface area contributed by atoms with Crippen molar-refractivity contribution in [1.29, 1.82) is 0 Å². The van der Waals surface area contributed by atoms with E-state index in [1.165, 1.54) is 0 Å². The first-order valence-corrected chi connectivity index (χ1v) is 20.7. The van der Waals surface area contributed by atoms with Crippen molar-refractivity contribution in [3.05, 3.63) is 0 Å². The van der Waals surface area contributed by atoms with Crippen LogP contribution in [0.2, 0.25) is 0 Å². The van der Waals surface area contributed by atoms with Gasteiger partial charge >= 0.3 is 0 Å². The summed E-state index contributed by atoms with van der Waals surface area (Å²) in [5, 5.41) is 84.9. The Morgan fingerprint density at radius 2 is 1.37 bits per heavy atom. The normalized spacial score (nSPS) is 55.9. The molecule has 7 fully saturated rings. The smallest absolute Gasteiger partial charge is 0.187 e. The third-order valence-electron chi connectivity index (χ3n) is 16.0. The molecule has 4 aliphatic carbocycles. The number of aliphatic hydroxyl groups excluding tert-OH is 8. The summed E-state index contributed by atoms with van der Waals surface area (Å²) in [5.74, 6) is 1.58. The van der Waals surface area contributed by atoms with Crippen molar-refractivity contribution in [1.82, 2.24) is 0 Å². The van der Waals surface area contributed by atoms with Gasteiger partial charge in [0.25, 0.3) is 0 Å². The Morgan fingerprint density at radius 1 is 0.722 bits per heavy atom. The SMILES string of the molecule is CO[C@]1(CCC(C)C)OC2C([C@@H]1C)[C@@]1(C)CCC3C(CC[C@@H]4C[C@@H](O[C@@H]5OC(CO)[C@H](O)[C@H](O)C5OC5OC(CO)C(O)C(O)C5O)CC[C@]34C)C1[C@H]2O. The minimum Gasteiger partial charge on any atom is -0.394 e. The number of methoxy groups -OCH3 is 1. The van der Waals surface area contributed by atoms with Gasteiger partial charge < -0.3 is 69.3 Å². The fraction of sp³-hybridized carbons (Fsp3) is 1.00. The zero-order valence-electron chi connectivity index (χ0n) is 32.9. The topological polar surface area (TPSA) is 217 Å². The summed E-state index contributed by atoms with van der Waals surface area (Å²) in [6, 6.07) is 0. The maximum atomic E-state index is 12.2. The molecular formula is C40H68O14. The summed E-state index contributed by atoms with van der Waals surface area (Å²) in [6.45, 7) is 10.3. The van der Waals surface area contributed by atoms with Gasteiger partial charge in [-0.25, -0.2) is 0 Å². The summed E-state index contributed by atoms with van der Waals surface area (Å²) in [7, 11) is 1.76. The second kappa shape index (κ2) is 15.6.